The molecule has 1 amide bonds. The van der Waals surface area contributed by atoms with Gasteiger partial charge in [0, 0.05) is 23.1 Å². The normalized spacial score (nSPS) is 10.9. The summed E-state index contributed by atoms with van der Waals surface area (Å²) in [5.74, 6) is -0.424. The van der Waals surface area contributed by atoms with Crippen LogP contribution in [0.15, 0.2) is 52.2 Å². The molecule has 0 atom stereocenters. The number of thioether (sulfide) groups is 1. The molecule has 4 aromatic rings. The SMILES string of the molecule is O=C(CSc1nc2ccc([N+](=O)[O-])cc2s1)Nc1nc(-c2ccc(F)cc2)cs1. The molecule has 0 radical (unpaired) electrons. The average Bonchev–Trinajstić information content (AvgIpc) is 3.33. The van der Waals surface area contributed by atoms with E-state index in [-0.39, 0.29) is 23.2 Å². The van der Waals surface area contributed by atoms with Crippen LogP contribution in [-0.4, -0.2) is 26.6 Å². The van der Waals surface area contributed by atoms with Crippen LogP contribution in [-0.2, 0) is 4.79 Å². The van der Waals surface area contributed by atoms with Crippen LogP contribution in [0.3, 0.4) is 0 Å². The van der Waals surface area contributed by atoms with Crippen LogP contribution in [0.4, 0.5) is 15.2 Å². The fourth-order valence-electron chi connectivity index (χ4n) is 2.43. The van der Waals surface area contributed by atoms with E-state index in [1.54, 1.807) is 23.6 Å². The third-order valence-corrected chi connectivity index (χ3v) is 6.70. The number of nitrogens with one attached hydrogen (secondary N) is 1. The fraction of sp³-hybridized carbons (Fsp3) is 0.0556. The lowest BCUT2D eigenvalue weighted by Crippen LogP contribution is -2.13. The maximum atomic E-state index is 13.0. The maximum absolute atomic E-state index is 13.0. The fourth-order valence-corrected chi connectivity index (χ4v) is 5.07. The van der Waals surface area contributed by atoms with Crippen LogP contribution in [0.5, 0.6) is 0 Å². The Labute approximate surface area is 175 Å². The smallest absolute Gasteiger partial charge is 0.270 e. The number of nitro benzene ring substituents is 1. The molecule has 29 heavy (non-hydrogen) atoms. The van der Waals surface area contributed by atoms with Gasteiger partial charge in [-0.2, -0.15) is 0 Å². The summed E-state index contributed by atoms with van der Waals surface area (Å²) >= 11 is 3.84. The first kappa shape index (κ1) is 19.4. The number of hydrogen-bond donors (Lipinski definition) is 1. The Morgan fingerprint density at radius 2 is 2.00 bits per heavy atom. The first-order valence-corrected chi connectivity index (χ1v) is 10.9. The van der Waals surface area contributed by atoms with E-state index in [1.165, 1.54) is 58.7 Å². The first-order chi connectivity index (χ1) is 14.0. The van der Waals surface area contributed by atoms with Crippen LogP contribution < -0.4 is 5.32 Å². The van der Waals surface area contributed by atoms with Crippen molar-refractivity contribution in [2.75, 3.05) is 11.1 Å². The average molecular weight is 447 g/mol. The van der Waals surface area contributed by atoms with Gasteiger partial charge in [0.25, 0.3) is 5.69 Å². The molecule has 0 aliphatic carbocycles. The number of halogens is 1. The molecule has 1 N–H and O–H groups in total. The molecule has 2 aromatic heterocycles. The van der Waals surface area contributed by atoms with E-state index in [2.05, 4.69) is 15.3 Å². The number of carbonyl (C=O) groups excluding carboxylic acids is 1. The maximum Gasteiger partial charge on any atom is 0.270 e. The molecule has 0 saturated carbocycles. The van der Waals surface area contributed by atoms with E-state index in [9.17, 15) is 19.3 Å². The zero-order valence-corrected chi connectivity index (χ0v) is 16.9. The summed E-state index contributed by atoms with van der Waals surface area (Å²) in [6, 6.07) is 10.5. The van der Waals surface area contributed by atoms with E-state index >= 15 is 0 Å². The highest BCUT2D eigenvalue weighted by atomic mass is 32.2. The van der Waals surface area contributed by atoms with Gasteiger partial charge in [0.2, 0.25) is 5.91 Å². The van der Waals surface area contributed by atoms with Gasteiger partial charge in [0.05, 0.1) is 26.6 Å². The number of rotatable bonds is 6. The van der Waals surface area contributed by atoms with Crippen LogP contribution in [0, 0.1) is 15.9 Å². The summed E-state index contributed by atoms with van der Waals surface area (Å²) in [4.78, 5) is 31.3. The molecular weight excluding hydrogens is 435 g/mol. The van der Waals surface area contributed by atoms with Crippen molar-refractivity contribution in [2.24, 2.45) is 0 Å². The van der Waals surface area contributed by atoms with Gasteiger partial charge in [0.15, 0.2) is 9.47 Å². The van der Waals surface area contributed by atoms with Gasteiger partial charge in [-0.1, -0.05) is 11.8 Å². The number of thiazole rings is 2. The van der Waals surface area contributed by atoms with Crippen LogP contribution in [0.25, 0.3) is 21.5 Å². The number of benzene rings is 2. The lowest BCUT2D eigenvalue weighted by molar-refractivity contribution is -0.384. The number of carbonyl (C=O) groups is 1. The minimum atomic E-state index is -0.451. The minimum Gasteiger partial charge on any atom is -0.301 e. The number of anilines is 1. The van der Waals surface area contributed by atoms with E-state index < -0.39 is 4.92 Å². The Bertz CT molecular complexity index is 1210. The Morgan fingerprint density at radius 1 is 1.21 bits per heavy atom. The van der Waals surface area contributed by atoms with Crippen molar-refractivity contribution >= 4 is 61.4 Å². The summed E-state index contributed by atoms with van der Waals surface area (Å²) in [6.45, 7) is 0. The van der Waals surface area contributed by atoms with Gasteiger partial charge in [-0.15, -0.1) is 22.7 Å². The zero-order valence-electron chi connectivity index (χ0n) is 14.5. The van der Waals surface area contributed by atoms with E-state index in [0.717, 1.165) is 5.56 Å². The molecule has 0 saturated heterocycles. The lowest BCUT2D eigenvalue weighted by atomic mass is 10.2. The van der Waals surface area contributed by atoms with E-state index in [1.807, 2.05) is 0 Å². The van der Waals surface area contributed by atoms with Crippen molar-refractivity contribution in [1.29, 1.82) is 0 Å². The third-order valence-electron chi connectivity index (χ3n) is 3.78. The Morgan fingerprint density at radius 3 is 2.76 bits per heavy atom. The monoisotopic (exact) mass is 446 g/mol. The molecule has 0 aliphatic rings. The first-order valence-electron chi connectivity index (χ1n) is 8.17. The van der Waals surface area contributed by atoms with E-state index in [0.29, 0.717) is 25.4 Å². The number of nitrogens with zero attached hydrogens (tertiary/aromatic N) is 3. The third kappa shape index (κ3) is 4.58. The number of aromatic nitrogens is 2. The van der Waals surface area contributed by atoms with Crippen molar-refractivity contribution in [3.63, 3.8) is 0 Å². The molecule has 4 rings (SSSR count). The van der Waals surface area contributed by atoms with Crippen molar-refractivity contribution in [3.8, 4) is 11.3 Å². The van der Waals surface area contributed by atoms with Crippen molar-refractivity contribution in [3.05, 3.63) is 63.8 Å². The predicted octanol–water partition coefficient (Wildman–Crippen LogP) is 5.20. The second-order valence-corrected chi connectivity index (χ2v) is 8.88. The zero-order chi connectivity index (χ0) is 20.4. The van der Waals surface area contributed by atoms with Gasteiger partial charge >= 0.3 is 0 Å². The second-order valence-electron chi connectivity index (χ2n) is 5.77. The largest absolute Gasteiger partial charge is 0.301 e. The number of hydrogen-bond acceptors (Lipinski definition) is 8. The highest BCUT2D eigenvalue weighted by Crippen LogP contribution is 2.32. The predicted molar refractivity (Wildman–Crippen MR) is 113 cm³/mol. The number of amides is 1. The molecule has 146 valence electrons. The molecule has 0 aliphatic heterocycles. The molecule has 0 spiro atoms. The quantitative estimate of drug-likeness (QED) is 0.248. The second kappa shape index (κ2) is 8.23. The number of fused-ring (bicyclic) bond motifs is 1. The van der Waals surface area contributed by atoms with Crippen molar-refractivity contribution in [1.82, 2.24) is 9.97 Å². The molecular formula is C18H11FN4O3S3. The van der Waals surface area contributed by atoms with Crippen molar-refractivity contribution < 1.29 is 14.1 Å². The van der Waals surface area contributed by atoms with E-state index in [4.69, 9.17) is 0 Å². The highest BCUT2D eigenvalue weighted by Gasteiger charge is 2.13. The van der Waals surface area contributed by atoms with Gasteiger partial charge < -0.3 is 5.32 Å². The van der Waals surface area contributed by atoms with Gasteiger partial charge in [-0.05, 0) is 30.3 Å². The van der Waals surface area contributed by atoms with Crippen LogP contribution >= 0.6 is 34.4 Å². The summed E-state index contributed by atoms with van der Waals surface area (Å²) in [6.07, 6.45) is 0. The minimum absolute atomic E-state index is 0.0103. The molecule has 0 bridgehead atoms. The molecule has 2 heterocycles. The van der Waals surface area contributed by atoms with Gasteiger partial charge in [-0.3, -0.25) is 14.9 Å². The molecule has 0 fully saturated rings. The summed E-state index contributed by atoms with van der Waals surface area (Å²) in [7, 11) is 0. The van der Waals surface area contributed by atoms with Crippen LogP contribution in [0.1, 0.15) is 0 Å². The highest BCUT2D eigenvalue weighted by molar-refractivity contribution is 8.01. The van der Waals surface area contributed by atoms with Gasteiger partial charge in [-0.25, -0.2) is 14.4 Å². The summed E-state index contributed by atoms with van der Waals surface area (Å²) in [5.41, 5.74) is 2.09. The number of nitro groups is 1. The molecule has 7 nitrogen and oxygen atoms in total. The van der Waals surface area contributed by atoms with Crippen molar-refractivity contribution in [2.45, 2.75) is 4.34 Å². The summed E-state index contributed by atoms with van der Waals surface area (Å²) < 4.78 is 14.4. The standard InChI is InChI=1S/C18H11FN4O3S3/c19-11-3-1-10(2-4-11)14-8-27-17(20-14)22-16(24)9-28-18-21-13-6-5-12(23(25)26)7-15(13)29-18/h1-8H,9H2,(H,20,22,24). The number of non-ortho nitro benzene ring substituents is 1. The van der Waals surface area contributed by atoms with Gasteiger partial charge in [0.1, 0.15) is 5.82 Å². The Balaban J connectivity index is 1.37. The summed E-state index contributed by atoms with van der Waals surface area (Å²) in [5, 5.41) is 15.8. The van der Waals surface area contributed by atoms with Crippen LogP contribution in [0.2, 0.25) is 0 Å². The Hall–Kier alpha value is -2.89. The molecule has 0 unspecified atom stereocenters. The molecule has 2 aromatic carbocycles. The molecule has 11 heteroatoms. The Kier molecular flexibility index (Phi) is 5.51. The lowest BCUT2D eigenvalue weighted by Gasteiger charge is -2.00. The topological polar surface area (TPSA) is 98.0 Å².